The fourth-order valence-electron chi connectivity index (χ4n) is 2.63. The minimum atomic E-state index is 0.597. The van der Waals surface area contributed by atoms with Gasteiger partial charge in [-0.05, 0) is 45.2 Å². The molecule has 1 nitrogen and oxygen atoms in total. The summed E-state index contributed by atoms with van der Waals surface area (Å²) in [4.78, 5) is 2.68. The van der Waals surface area contributed by atoms with Crippen LogP contribution in [0.1, 0.15) is 33.1 Å². The molecule has 58 valence electrons. The highest BCUT2D eigenvalue weighted by molar-refractivity contribution is 5.00. The Morgan fingerprint density at radius 1 is 1.40 bits per heavy atom. The predicted octanol–water partition coefficient (Wildman–Crippen LogP) is 1.88. The zero-order valence-corrected chi connectivity index (χ0v) is 7.06. The second-order valence-corrected chi connectivity index (χ2v) is 4.14. The Bertz CT molecular complexity index is 144. The van der Waals surface area contributed by atoms with Crippen molar-refractivity contribution < 1.29 is 0 Å². The van der Waals surface area contributed by atoms with Crippen LogP contribution >= 0.6 is 0 Å². The number of nitrogens with zero attached hydrogens (tertiary/aromatic N) is 1. The van der Waals surface area contributed by atoms with Crippen molar-refractivity contribution in [2.45, 2.75) is 38.6 Å². The van der Waals surface area contributed by atoms with Crippen molar-refractivity contribution >= 4 is 0 Å². The van der Waals surface area contributed by atoms with Gasteiger partial charge in [0, 0.05) is 5.54 Å². The first-order valence-electron chi connectivity index (χ1n) is 4.48. The van der Waals surface area contributed by atoms with E-state index < -0.39 is 0 Å². The van der Waals surface area contributed by atoms with Crippen molar-refractivity contribution in [3.05, 3.63) is 0 Å². The van der Waals surface area contributed by atoms with E-state index in [1.807, 2.05) is 0 Å². The first-order valence-corrected chi connectivity index (χ1v) is 4.48. The normalized spacial score (nSPS) is 48.0. The average molecular weight is 139 g/mol. The molecule has 2 aliphatic heterocycles. The summed E-state index contributed by atoms with van der Waals surface area (Å²) in [5.41, 5.74) is 0.597. The van der Waals surface area contributed by atoms with Crippen LogP contribution in [-0.2, 0) is 0 Å². The maximum absolute atomic E-state index is 2.68. The molecule has 0 aromatic carbocycles. The van der Waals surface area contributed by atoms with Crippen LogP contribution in [0.5, 0.6) is 0 Å². The SMILES string of the molecule is C[C@@H]1CCN2CCC[C@@]12C. The molecule has 2 atom stereocenters. The molecule has 0 N–H and O–H groups in total. The van der Waals surface area contributed by atoms with Crippen molar-refractivity contribution in [1.82, 2.24) is 4.90 Å². The molecule has 0 bridgehead atoms. The van der Waals surface area contributed by atoms with E-state index in [4.69, 9.17) is 0 Å². The molecule has 1 heteroatoms. The first-order chi connectivity index (χ1) is 4.73. The predicted molar refractivity (Wildman–Crippen MR) is 43.0 cm³/mol. The van der Waals surface area contributed by atoms with Crippen molar-refractivity contribution in [3.8, 4) is 0 Å². The summed E-state index contributed by atoms with van der Waals surface area (Å²) < 4.78 is 0. The molecule has 2 aliphatic rings. The van der Waals surface area contributed by atoms with Crippen molar-refractivity contribution in [2.24, 2.45) is 5.92 Å². The van der Waals surface area contributed by atoms with Crippen molar-refractivity contribution in [1.29, 1.82) is 0 Å². The molecule has 0 aromatic rings. The molecule has 2 saturated heterocycles. The molecule has 0 saturated carbocycles. The number of hydrogen-bond acceptors (Lipinski definition) is 1. The summed E-state index contributed by atoms with van der Waals surface area (Å²) in [5, 5.41) is 0. The Morgan fingerprint density at radius 2 is 2.20 bits per heavy atom. The minimum absolute atomic E-state index is 0.597. The molecule has 2 fully saturated rings. The van der Waals surface area contributed by atoms with Gasteiger partial charge in [-0.25, -0.2) is 0 Å². The van der Waals surface area contributed by atoms with Crippen LogP contribution in [0.4, 0.5) is 0 Å². The quantitative estimate of drug-likeness (QED) is 0.495. The second kappa shape index (κ2) is 1.97. The Balaban J connectivity index is 2.21. The molecule has 0 aliphatic carbocycles. The smallest absolute Gasteiger partial charge is 0.0207 e. The van der Waals surface area contributed by atoms with Crippen LogP contribution in [0.25, 0.3) is 0 Å². The monoisotopic (exact) mass is 139 g/mol. The fourth-order valence-corrected chi connectivity index (χ4v) is 2.63. The third-order valence-electron chi connectivity index (χ3n) is 3.73. The Kier molecular flexibility index (Phi) is 1.31. The summed E-state index contributed by atoms with van der Waals surface area (Å²) in [6.07, 6.45) is 4.30. The van der Waals surface area contributed by atoms with Crippen LogP contribution < -0.4 is 0 Å². The maximum Gasteiger partial charge on any atom is 0.0207 e. The third-order valence-corrected chi connectivity index (χ3v) is 3.73. The van der Waals surface area contributed by atoms with E-state index in [0.29, 0.717) is 5.54 Å². The van der Waals surface area contributed by atoms with Crippen LogP contribution in [-0.4, -0.2) is 23.5 Å². The summed E-state index contributed by atoms with van der Waals surface area (Å²) in [5.74, 6) is 0.940. The lowest BCUT2D eigenvalue weighted by Gasteiger charge is -2.31. The first kappa shape index (κ1) is 6.66. The number of rotatable bonds is 0. The molecule has 0 aromatic heterocycles. The van der Waals surface area contributed by atoms with Gasteiger partial charge in [0.05, 0.1) is 0 Å². The lowest BCUT2D eigenvalue weighted by atomic mass is 9.87. The third kappa shape index (κ3) is 0.672. The Hall–Kier alpha value is -0.0400. The van der Waals surface area contributed by atoms with Crippen LogP contribution in [0, 0.1) is 5.92 Å². The fraction of sp³-hybridized carbons (Fsp3) is 1.00. The van der Waals surface area contributed by atoms with E-state index in [2.05, 4.69) is 18.7 Å². The van der Waals surface area contributed by atoms with Gasteiger partial charge in [0.15, 0.2) is 0 Å². The molecule has 0 unspecified atom stereocenters. The average Bonchev–Trinajstić information content (AvgIpc) is 2.36. The van der Waals surface area contributed by atoms with Gasteiger partial charge in [-0.2, -0.15) is 0 Å². The standard InChI is InChI=1S/C9H17N/c1-8-4-7-10-6-3-5-9(8,10)2/h8H,3-7H2,1-2H3/t8-,9+/m1/s1. The van der Waals surface area contributed by atoms with Crippen LogP contribution in [0.15, 0.2) is 0 Å². The van der Waals surface area contributed by atoms with E-state index in [1.165, 1.54) is 32.4 Å². The van der Waals surface area contributed by atoms with E-state index in [9.17, 15) is 0 Å². The zero-order chi connectivity index (χ0) is 7.19. The van der Waals surface area contributed by atoms with Gasteiger partial charge in [-0.3, -0.25) is 4.90 Å². The van der Waals surface area contributed by atoms with Gasteiger partial charge < -0.3 is 0 Å². The summed E-state index contributed by atoms with van der Waals surface area (Å²) in [6, 6.07) is 0. The van der Waals surface area contributed by atoms with Gasteiger partial charge in [-0.1, -0.05) is 6.92 Å². The number of hydrogen-bond donors (Lipinski definition) is 0. The van der Waals surface area contributed by atoms with Crippen LogP contribution in [0.3, 0.4) is 0 Å². The van der Waals surface area contributed by atoms with E-state index >= 15 is 0 Å². The molecule has 2 rings (SSSR count). The van der Waals surface area contributed by atoms with E-state index in [-0.39, 0.29) is 0 Å². The molecule has 2 heterocycles. The van der Waals surface area contributed by atoms with Crippen molar-refractivity contribution in [3.63, 3.8) is 0 Å². The Morgan fingerprint density at radius 3 is 2.90 bits per heavy atom. The highest BCUT2D eigenvalue weighted by Crippen LogP contribution is 2.42. The van der Waals surface area contributed by atoms with Crippen molar-refractivity contribution in [2.75, 3.05) is 13.1 Å². The molecule has 0 amide bonds. The molecular weight excluding hydrogens is 122 g/mol. The van der Waals surface area contributed by atoms with E-state index in [0.717, 1.165) is 5.92 Å². The highest BCUT2D eigenvalue weighted by Gasteiger charge is 2.44. The van der Waals surface area contributed by atoms with Gasteiger partial charge in [0.2, 0.25) is 0 Å². The topological polar surface area (TPSA) is 3.24 Å². The minimum Gasteiger partial charge on any atom is -0.298 e. The lowest BCUT2D eigenvalue weighted by Crippen LogP contribution is -2.38. The van der Waals surface area contributed by atoms with Gasteiger partial charge in [0.1, 0.15) is 0 Å². The largest absolute Gasteiger partial charge is 0.298 e. The number of fused-ring (bicyclic) bond motifs is 1. The van der Waals surface area contributed by atoms with E-state index in [1.54, 1.807) is 0 Å². The molecule has 0 spiro atoms. The molecule has 0 radical (unpaired) electrons. The van der Waals surface area contributed by atoms with Gasteiger partial charge >= 0.3 is 0 Å². The lowest BCUT2D eigenvalue weighted by molar-refractivity contribution is 0.180. The van der Waals surface area contributed by atoms with Gasteiger partial charge in [-0.15, -0.1) is 0 Å². The van der Waals surface area contributed by atoms with Crippen LogP contribution in [0.2, 0.25) is 0 Å². The summed E-state index contributed by atoms with van der Waals surface area (Å²) >= 11 is 0. The molecular formula is C9H17N. The highest BCUT2D eigenvalue weighted by atomic mass is 15.2. The van der Waals surface area contributed by atoms with Gasteiger partial charge in [0.25, 0.3) is 0 Å². The maximum atomic E-state index is 2.68. The summed E-state index contributed by atoms with van der Waals surface area (Å²) in [7, 11) is 0. The molecule has 10 heavy (non-hydrogen) atoms. The second-order valence-electron chi connectivity index (χ2n) is 4.14. The summed E-state index contributed by atoms with van der Waals surface area (Å²) in [6.45, 7) is 7.57. The Labute approximate surface area is 63.4 Å². The zero-order valence-electron chi connectivity index (χ0n) is 7.06.